The molecule has 1 saturated heterocycles. The van der Waals surface area contributed by atoms with E-state index in [-0.39, 0.29) is 17.0 Å². The van der Waals surface area contributed by atoms with Crippen molar-refractivity contribution in [1.82, 2.24) is 4.90 Å². The molecular formula is C20H41BrClN. The second-order valence-corrected chi connectivity index (χ2v) is 7.58. The van der Waals surface area contributed by atoms with E-state index in [9.17, 15) is 0 Å². The second-order valence-electron chi connectivity index (χ2n) is 7.20. The summed E-state index contributed by atoms with van der Waals surface area (Å²) in [5, 5.41) is 0. The van der Waals surface area contributed by atoms with Gasteiger partial charge in [-0.05, 0) is 45.2 Å². The van der Waals surface area contributed by atoms with E-state index in [4.69, 9.17) is 11.6 Å². The fourth-order valence-corrected chi connectivity index (χ4v) is 3.95. The van der Waals surface area contributed by atoms with E-state index >= 15 is 0 Å². The van der Waals surface area contributed by atoms with Crippen molar-refractivity contribution >= 4 is 28.6 Å². The predicted octanol–water partition coefficient (Wildman–Crippen LogP) is 7.36. The Morgan fingerprint density at radius 2 is 1.26 bits per heavy atom. The van der Waals surface area contributed by atoms with Gasteiger partial charge in [0.2, 0.25) is 0 Å². The number of nitrogens with zero attached hydrogens (tertiary/aromatic N) is 1. The van der Waals surface area contributed by atoms with Gasteiger partial charge >= 0.3 is 0 Å². The molecule has 0 radical (unpaired) electrons. The summed E-state index contributed by atoms with van der Waals surface area (Å²) in [4.78, 5) is 2.76. The first-order valence-electron chi connectivity index (χ1n) is 10.2. The minimum atomic E-state index is 0. The van der Waals surface area contributed by atoms with Crippen LogP contribution in [-0.4, -0.2) is 29.9 Å². The first kappa shape index (κ1) is 23.7. The molecule has 0 amide bonds. The van der Waals surface area contributed by atoms with Crippen molar-refractivity contribution < 1.29 is 0 Å². The fourth-order valence-electron chi connectivity index (χ4n) is 3.80. The lowest BCUT2D eigenvalue weighted by atomic mass is 9.98. The third-order valence-electron chi connectivity index (χ3n) is 5.22. The molecule has 1 heterocycles. The van der Waals surface area contributed by atoms with E-state index in [1.54, 1.807) is 0 Å². The van der Waals surface area contributed by atoms with Crippen molar-refractivity contribution in [2.45, 2.75) is 109 Å². The van der Waals surface area contributed by atoms with Crippen LogP contribution in [0.25, 0.3) is 0 Å². The lowest BCUT2D eigenvalue weighted by Crippen LogP contribution is -2.39. The molecule has 1 aliphatic heterocycles. The van der Waals surface area contributed by atoms with Gasteiger partial charge in [0.1, 0.15) is 0 Å². The molecule has 1 unspecified atom stereocenters. The summed E-state index contributed by atoms with van der Waals surface area (Å²) in [5.41, 5.74) is 0. The largest absolute Gasteiger partial charge is 0.300 e. The van der Waals surface area contributed by atoms with Crippen molar-refractivity contribution in [3.8, 4) is 0 Å². The fraction of sp³-hybridized carbons (Fsp3) is 1.00. The molecule has 3 heteroatoms. The molecule has 0 aromatic rings. The zero-order valence-corrected chi connectivity index (χ0v) is 18.0. The number of likely N-dealkylation sites (tertiary alicyclic amines) is 1. The van der Waals surface area contributed by atoms with E-state index in [1.165, 1.54) is 109 Å². The number of hydrogen-bond donors (Lipinski definition) is 0. The number of hydrogen-bond acceptors (Lipinski definition) is 1. The van der Waals surface area contributed by atoms with Crippen molar-refractivity contribution in [2.24, 2.45) is 0 Å². The van der Waals surface area contributed by atoms with Crippen LogP contribution < -0.4 is 0 Å². The quantitative estimate of drug-likeness (QED) is 0.213. The van der Waals surface area contributed by atoms with Gasteiger partial charge in [0, 0.05) is 11.9 Å². The molecule has 1 aliphatic rings. The number of piperidine rings is 1. The minimum Gasteiger partial charge on any atom is -0.300 e. The van der Waals surface area contributed by atoms with Gasteiger partial charge in [-0.1, -0.05) is 71.1 Å². The third-order valence-corrected chi connectivity index (χ3v) is 5.49. The van der Waals surface area contributed by atoms with Gasteiger partial charge < -0.3 is 4.90 Å². The number of rotatable bonds is 14. The van der Waals surface area contributed by atoms with E-state index < -0.39 is 0 Å². The summed E-state index contributed by atoms with van der Waals surface area (Å²) in [6, 6.07) is 0.823. The molecule has 1 fully saturated rings. The molecule has 0 N–H and O–H groups in total. The predicted molar refractivity (Wildman–Crippen MR) is 111 cm³/mol. The van der Waals surface area contributed by atoms with Gasteiger partial charge in [-0.2, -0.15) is 0 Å². The van der Waals surface area contributed by atoms with Crippen molar-refractivity contribution in [3.63, 3.8) is 0 Å². The first-order chi connectivity index (χ1) is 10.9. The summed E-state index contributed by atoms with van der Waals surface area (Å²) < 4.78 is 0. The molecule has 23 heavy (non-hydrogen) atoms. The molecule has 0 aliphatic carbocycles. The normalized spacial score (nSPS) is 17.0. The highest BCUT2D eigenvalue weighted by molar-refractivity contribution is 8.93. The number of unbranched alkanes of at least 4 members (excludes halogenated alkanes) is 8. The summed E-state index contributed by atoms with van der Waals surface area (Å²) in [7, 11) is 0. The van der Waals surface area contributed by atoms with Crippen molar-refractivity contribution in [1.29, 1.82) is 0 Å². The van der Waals surface area contributed by atoms with Crippen LogP contribution in [0.1, 0.15) is 103 Å². The second kappa shape index (κ2) is 17.5. The SMILES string of the molecule is Br.CCCCCCCCCCCC(CCCCl)N1CCCCC1. The van der Waals surface area contributed by atoms with Gasteiger partial charge in [0.05, 0.1) is 0 Å². The Kier molecular flexibility index (Phi) is 18.1. The maximum Gasteiger partial charge on any atom is 0.0224 e. The standard InChI is InChI=1S/C20H40ClN.BrH/c1-2-3-4-5-6-7-8-9-11-15-20(16-14-17-21)22-18-12-10-13-19-22;/h20H,2-19H2,1H3;1H. The van der Waals surface area contributed by atoms with Crippen LogP contribution in [0.3, 0.4) is 0 Å². The maximum absolute atomic E-state index is 5.92. The number of halogens is 2. The van der Waals surface area contributed by atoms with Gasteiger partial charge in [0.15, 0.2) is 0 Å². The van der Waals surface area contributed by atoms with E-state index in [0.717, 1.165) is 11.9 Å². The minimum absolute atomic E-state index is 0. The zero-order chi connectivity index (χ0) is 15.9. The van der Waals surface area contributed by atoms with Gasteiger partial charge in [0.25, 0.3) is 0 Å². The molecule has 1 nitrogen and oxygen atoms in total. The average molecular weight is 411 g/mol. The molecule has 0 saturated carbocycles. The van der Waals surface area contributed by atoms with Gasteiger partial charge in [-0.3, -0.25) is 0 Å². The Bertz CT molecular complexity index is 232. The Labute approximate surface area is 161 Å². The third kappa shape index (κ3) is 12.7. The van der Waals surface area contributed by atoms with Crippen LogP contribution in [0.2, 0.25) is 0 Å². The van der Waals surface area contributed by atoms with Gasteiger partial charge in [-0.15, -0.1) is 28.6 Å². The molecular weight excluding hydrogens is 370 g/mol. The highest BCUT2D eigenvalue weighted by Gasteiger charge is 2.19. The smallest absolute Gasteiger partial charge is 0.0224 e. The van der Waals surface area contributed by atoms with E-state index in [2.05, 4.69) is 11.8 Å². The Morgan fingerprint density at radius 3 is 1.83 bits per heavy atom. The van der Waals surface area contributed by atoms with Crippen LogP contribution in [0.4, 0.5) is 0 Å². The first-order valence-corrected chi connectivity index (χ1v) is 10.7. The number of alkyl halides is 1. The Balaban J connectivity index is 0.00000484. The summed E-state index contributed by atoms with van der Waals surface area (Å²) >= 11 is 5.92. The van der Waals surface area contributed by atoms with E-state index in [0.29, 0.717) is 0 Å². The zero-order valence-electron chi connectivity index (χ0n) is 15.5. The van der Waals surface area contributed by atoms with Crippen LogP contribution in [-0.2, 0) is 0 Å². The van der Waals surface area contributed by atoms with Crippen LogP contribution in [0, 0.1) is 0 Å². The summed E-state index contributed by atoms with van der Waals surface area (Å²) in [5.74, 6) is 0.835. The van der Waals surface area contributed by atoms with Gasteiger partial charge in [-0.25, -0.2) is 0 Å². The lowest BCUT2D eigenvalue weighted by Gasteiger charge is -2.34. The topological polar surface area (TPSA) is 3.24 Å². The summed E-state index contributed by atoms with van der Waals surface area (Å²) in [6.07, 6.45) is 21.1. The highest BCUT2D eigenvalue weighted by atomic mass is 79.9. The Morgan fingerprint density at radius 1 is 0.739 bits per heavy atom. The molecule has 1 rings (SSSR count). The molecule has 0 aromatic heterocycles. The van der Waals surface area contributed by atoms with Crippen molar-refractivity contribution in [2.75, 3.05) is 19.0 Å². The molecule has 0 aromatic carbocycles. The molecule has 140 valence electrons. The van der Waals surface area contributed by atoms with Crippen molar-refractivity contribution in [3.05, 3.63) is 0 Å². The lowest BCUT2D eigenvalue weighted by molar-refractivity contribution is 0.144. The highest BCUT2D eigenvalue weighted by Crippen LogP contribution is 2.21. The van der Waals surface area contributed by atoms with E-state index in [1.807, 2.05) is 0 Å². The van der Waals surface area contributed by atoms with Crippen LogP contribution in [0.5, 0.6) is 0 Å². The monoisotopic (exact) mass is 409 g/mol. The summed E-state index contributed by atoms with van der Waals surface area (Å²) in [6.45, 7) is 4.97. The van der Waals surface area contributed by atoms with Crippen LogP contribution in [0.15, 0.2) is 0 Å². The molecule has 0 bridgehead atoms. The maximum atomic E-state index is 5.92. The Hall–Kier alpha value is 0.730. The molecule has 1 atom stereocenters. The molecule has 0 spiro atoms. The van der Waals surface area contributed by atoms with Crippen LogP contribution >= 0.6 is 28.6 Å². The average Bonchev–Trinajstić information content (AvgIpc) is 2.57.